The molecule has 0 fully saturated rings. The lowest BCUT2D eigenvalue weighted by Gasteiger charge is -2.09. The van der Waals surface area contributed by atoms with Gasteiger partial charge in [0.2, 0.25) is 5.91 Å². The van der Waals surface area contributed by atoms with E-state index in [4.69, 9.17) is 4.42 Å². The highest BCUT2D eigenvalue weighted by molar-refractivity contribution is 6.06. The smallest absolute Gasteiger partial charge is 0.338 e. The lowest BCUT2D eigenvalue weighted by Crippen LogP contribution is -2.12. The molecule has 0 aliphatic carbocycles. The Morgan fingerprint density at radius 3 is 2.40 bits per heavy atom. The number of fused-ring (bicyclic) bond motifs is 1. The Bertz CT molecular complexity index is 1030. The van der Waals surface area contributed by atoms with Gasteiger partial charge in [0.1, 0.15) is 11.4 Å². The van der Waals surface area contributed by atoms with Crippen LogP contribution in [0.4, 0.5) is 15.8 Å². The number of hydrogen-bond acceptors (Lipinski definition) is 4. The Balaban J connectivity index is 1.96. The fourth-order valence-corrected chi connectivity index (χ4v) is 2.34. The van der Waals surface area contributed by atoms with Crippen LogP contribution in [0, 0.1) is 5.82 Å². The highest BCUT2D eigenvalue weighted by Gasteiger charge is 2.10. The highest BCUT2D eigenvalue weighted by atomic mass is 19.1. The van der Waals surface area contributed by atoms with E-state index in [0.717, 1.165) is 6.07 Å². The molecule has 0 saturated carbocycles. The summed E-state index contributed by atoms with van der Waals surface area (Å²) in [5.74, 6) is -1.19. The zero-order valence-corrected chi connectivity index (χ0v) is 13.1. The molecule has 1 heterocycles. The van der Waals surface area contributed by atoms with Crippen LogP contribution in [0.3, 0.4) is 0 Å². The van der Waals surface area contributed by atoms with Crippen LogP contribution in [0.15, 0.2) is 57.7 Å². The zero-order chi connectivity index (χ0) is 18.0. The predicted molar refractivity (Wildman–Crippen MR) is 91.1 cm³/mol. The Hall–Kier alpha value is -3.48. The first kappa shape index (κ1) is 16.4. The molecule has 0 saturated heterocycles. The molecule has 3 rings (SSSR count). The molecule has 0 bridgehead atoms. The van der Waals surface area contributed by atoms with Gasteiger partial charge in [-0.25, -0.2) is 9.18 Å². The maximum absolute atomic E-state index is 12.9. The first-order valence-corrected chi connectivity index (χ1v) is 7.35. The van der Waals surface area contributed by atoms with Crippen LogP contribution >= 0.6 is 0 Å². The number of nitrogens with one attached hydrogen (secondary N) is 2. The van der Waals surface area contributed by atoms with E-state index < -0.39 is 17.3 Å². The summed E-state index contributed by atoms with van der Waals surface area (Å²) in [6, 6.07) is 10.9. The van der Waals surface area contributed by atoms with Gasteiger partial charge in [-0.2, -0.15) is 0 Å². The molecule has 7 heteroatoms. The van der Waals surface area contributed by atoms with Crippen LogP contribution in [0.25, 0.3) is 11.0 Å². The van der Waals surface area contributed by atoms with Crippen LogP contribution in [0.2, 0.25) is 0 Å². The minimum atomic E-state index is -0.598. The maximum Gasteiger partial charge on any atom is 0.338 e. The minimum Gasteiger partial charge on any atom is -0.423 e. The molecule has 2 amide bonds. The molecular formula is C18H13FN2O4. The first-order chi connectivity index (χ1) is 11.9. The second-order valence-corrected chi connectivity index (χ2v) is 5.33. The molecule has 0 aliphatic heterocycles. The number of rotatable bonds is 3. The van der Waals surface area contributed by atoms with Crippen molar-refractivity contribution >= 4 is 34.2 Å². The summed E-state index contributed by atoms with van der Waals surface area (Å²) in [6.45, 7) is 1.32. The monoisotopic (exact) mass is 340 g/mol. The molecule has 6 nitrogen and oxygen atoms in total. The topological polar surface area (TPSA) is 88.4 Å². The van der Waals surface area contributed by atoms with Gasteiger partial charge >= 0.3 is 5.63 Å². The second kappa shape index (κ2) is 6.56. The number of carbonyl (C=O) groups excluding carboxylic acids is 2. The van der Waals surface area contributed by atoms with Gasteiger partial charge in [-0.05, 0) is 42.5 Å². The molecule has 2 N–H and O–H groups in total. The first-order valence-electron chi connectivity index (χ1n) is 7.35. The van der Waals surface area contributed by atoms with E-state index in [9.17, 15) is 18.8 Å². The minimum absolute atomic E-state index is 0.274. The van der Waals surface area contributed by atoms with Crippen molar-refractivity contribution in [2.75, 3.05) is 10.6 Å². The molecule has 1 aromatic heterocycles. The standard InChI is InChI=1S/C18H13FN2O4/c1-10(22)20-15-9-17(23)25-16-7-6-13(8-14(15)16)21-18(24)11-2-4-12(19)5-3-11/h2-9H,1H3,(H,20,22)(H,21,24). The number of hydrogen-bond donors (Lipinski definition) is 2. The van der Waals surface area contributed by atoms with E-state index >= 15 is 0 Å². The van der Waals surface area contributed by atoms with E-state index in [1.54, 1.807) is 12.1 Å². The molecule has 2 aromatic carbocycles. The van der Waals surface area contributed by atoms with Gasteiger partial charge in [-0.15, -0.1) is 0 Å². The summed E-state index contributed by atoms with van der Waals surface area (Å²) >= 11 is 0. The SMILES string of the molecule is CC(=O)Nc1cc(=O)oc2ccc(NC(=O)c3ccc(F)cc3)cc12. The quantitative estimate of drug-likeness (QED) is 0.717. The Kier molecular flexibility index (Phi) is 4.30. The van der Waals surface area contributed by atoms with Crippen molar-refractivity contribution in [1.29, 1.82) is 0 Å². The van der Waals surface area contributed by atoms with Crippen LogP contribution in [-0.4, -0.2) is 11.8 Å². The van der Waals surface area contributed by atoms with Crippen LogP contribution in [0.1, 0.15) is 17.3 Å². The number of halogens is 1. The van der Waals surface area contributed by atoms with Gasteiger partial charge in [0, 0.05) is 29.6 Å². The fourth-order valence-electron chi connectivity index (χ4n) is 2.34. The van der Waals surface area contributed by atoms with Crippen molar-refractivity contribution in [2.24, 2.45) is 0 Å². The Labute approximate surface area is 141 Å². The molecular weight excluding hydrogens is 327 g/mol. The average Bonchev–Trinajstić information content (AvgIpc) is 2.55. The maximum atomic E-state index is 12.9. The van der Waals surface area contributed by atoms with Crippen LogP contribution in [-0.2, 0) is 4.79 Å². The third-order valence-corrected chi connectivity index (χ3v) is 3.42. The molecule has 0 aliphatic rings. The van der Waals surface area contributed by atoms with Gasteiger partial charge in [-0.1, -0.05) is 0 Å². The summed E-state index contributed by atoms with van der Waals surface area (Å²) in [5, 5.41) is 5.69. The Morgan fingerprint density at radius 1 is 1.00 bits per heavy atom. The van der Waals surface area contributed by atoms with Crippen LogP contribution in [0.5, 0.6) is 0 Å². The van der Waals surface area contributed by atoms with Gasteiger partial charge in [0.15, 0.2) is 0 Å². The van der Waals surface area contributed by atoms with E-state index in [1.807, 2.05) is 0 Å². The molecule has 0 spiro atoms. The summed E-state index contributed by atoms with van der Waals surface area (Å²) in [4.78, 5) is 35.0. The summed E-state index contributed by atoms with van der Waals surface area (Å²) < 4.78 is 18.0. The molecule has 3 aromatic rings. The lowest BCUT2D eigenvalue weighted by molar-refractivity contribution is -0.114. The van der Waals surface area contributed by atoms with E-state index in [0.29, 0.717) is 16.6 Å². The highest BCUT2D eigenvalue weighted by Crippen LogP contribution is 2.25. The van der Waals surface area contributed by atoms with Crippen molar-refractivity contribution < 1.29 is 18.4 Å². The van der Waals surface area contributed by atoms with Crippen molar-refractivity contribution in [3.05, 3.63) is 70.3 Å². The average molecular weight is 340 g/mol. The van der Waals surface area contributed by atoms with Gasteiger partial charge in [0.05, 0.1) is 5.69 Å². The molecule has 0 atom stereocenters. The second-order valence-electron chi connectivity index (χ2n) is 5.33. The normalized spacial score (nSPS) is 10.5. The summed E-state index contributed by atoms with van der Waals surface area (Å²) in [7, 11) is 0. The van der Waals surface area contributed by atoms with Crippen molar-refractivity contribution in [1.82, 2.24) is 0 Å². The van der Waals surface area contributed by atoms with Gasteiger partial charge < -0.3 is 15.1 Å². The summed E-state index contributed by atoms with van der Waals surface area (Å²) in [5.41, 5.74) is 0.692. The van der Waals surface area contributed by atoms with Gasteiger partial charge in [0.25, 0.3) is 5.91 Å². The largest absolute Gasteiger partial charge is 0.423 e. The predicted octanol–water partition coefficient (Wildman–Crippen LogP) is 3.14. The number of benzene rings is 2. The van der Waals surface area contributed by atoms with Crippen molar-refractivity contribution in [2.45, 2.75) is 6.92 Å². The third-order valence-electron chi connectivity index (χ3n) is 3.42. The Morgan fingerprint density at radius 2 is 1.72 bits per heavy atom. The van der Waals surface area contributed by atoms with Crippen molar-refractivity contribution in [3.8, 4) is 0 Å². The van der Waals surface area contributed by atoms with Crippen LogP contribution < -0.4 is 16.3 Å². The number of anilines is 2. The zero-order valence-electron chi connectivity index (χ0n) is 13.1. The molecule has 0 radical (unpaired) electrons. The fraction of sp³-hybridized carbons (Fsp3) is 0.0556. The lowest BCUT2D eigenvalue weighted by atomic mass is 10.1. The van der Waals surface area contributed by atoms with E-state index in [2.05, 4.69) is 10.6 Å². The third kappa shape index (κ3) is 3.72. The molecule has 25 heavy (non-hydrogen) atoms. The van der Waals surface area contributed by atoms with Crippen molar-refractivity contribution in [3.63, 3.8) is 0 Å². The number of carbonyl (C=O) groups is 2. The van der Waals surface area contributed by atoms with E-state index in [-0.39, 0.29) is 17.2 Å². The summed E-state index contributed by atoms with van der Waals surface area (Å²) in [6.07, 6.45) is 0. The number of amides is 2. The van der Waals surface area contributed by atoms with E-state index in [1.165, 1.54) is 37.3 Å². The van der Waals surface area contributed by atoms with Gasteiger partial charge in [-0.3, -0.25) is 9.59 Å². The molecule has 0 unspecified atom stereocenters. The molecule has 126 valence electrons.